The van der Waals surface area contributed by atoms with Crippen molar-refractivity contribution in [1.82, 2.24) is 53.2 Å². The van der Waals surface area contributed by atoms with Crippen molar-refractivity contribution in [3.8, 4) is 0 Å². The van der Waals surface area contributed by atoms with E-state index in [1.807, 2.05) is 0 Å². The third kappa shape index (κ3) is 15.7. The first kappa shape index (κ1) is 55.6. The maximum absolute atomic E-state index is 13.6. The van der Waals surface area contributed by atoms with Gasteiger partial charge in [0.15, 0.2) is 0 Å². The molecule has 16 N–H and O–H groups in total. The molecule has 0 aromatic rings. The van der Waals surface area contributed by atoms with E-state index >= 15 is 0 Å². The van der Waals surface area contributed by atoms with Gasteiger partial charge in [-0.15, -0.1) is 0 Å². The Hall–Kier alpha value is -5.42. The molecule has 1 rings (SSSR count). The number of hydrogen-bond acceptors (Lipinski definition) is 13. The van der Waals surface area contributed by atoms with Gasteiger partial charge in [-0.2, -0.15) is 0 Å². The number of carbonyl (C=O) groups excluding carboxylic acids is 10. The van der Waals surface area contributed by atoms with Gasteiger partial charge in [0.2, 0.25) is 59.1 Å². The number of carbonyl (C=O) groups is 10. The molecule has 10 amide bonds. The third-order valence-electron chi connectivity index (χ3n) is 10.5. The molecule has 1 aliphatic heterocycles. The van der Waals surface area contributed by atoms with E-state index in [1.165, 1.54) is 90.0 Å². The number of amides is 10. The quantitative estimate of drug-likeness (QED) is 0.0491. The molecule has 0 aromatic heterocycles. The maximum Gasteiger partial charge on any atom is 0.246 e. The lowest BCUT2D eigenvalue weighted by Crippen LogP contribution is -2.69. The molecule has 1 saturated heterocycles. The first-order valence-electron chi connectivity index (χ1n) is 20.8. The van der Waals surface area contributed by atoms with Crippen LogP contribution in [0.2, 0.25) is 0 Å². The maximum atomic E-state index is 13.6. The largest absolute Gasteiger partial charge is 0.368 e. The van der Waals surface area contributed by atoms with E-state index in [2.05, 4.69) is 53.2 Å². The molecule has 0 bridgehead atoms. The lowest BCUT2D eigenvalue weighted by Gasteiger charge is -2.39. The predicted octanol–water partition coefficient (Wildman–Crippen LogP) is -4.23. The molecule has 0 unspecified atom stereocenters. The second kappa shape index (κ2) is 21.3. The fourth-order valence-electron chi connectivity index (χ4n) is 6.10. The minimum atomic E-state index is -1.70. The number of nitrogens with one attached hydrogen (secondary N) is 10. The Morgan fingerprint density at radius 1 is 0.492 bits per heavy atom. The molecule has 1 fully saturated rings. The average Bonchev–Trinajstić information content (AvgIpc) is 3.13. The molecule has 0 saturated carbocycles. The zero-order chi connectivity index (χ0) is 49.2. The molecule has 0 aliphatic carbocycles. The molecule has 1 aliphatic rings. The summed E-state index contributed by atoms with van der Waals surface area (Å²) in [7, 11) is 0. The zero-order valence-electron chi connectivity index (χ0n) is 39.1. The number of primary amides is 1. The van der Waals surface area contributed by atoms with Crippen LogP contribution in [0.25, 0.3) is 0 Å². The lowest BCUT2D eigenvalue weighted by atomic mass is 9.86. The monoisotopic (exact) mass is 896 g/mol. The summed E-state index contributed by atoms with van der Waals surface area (Å²) in [6, 6.07) is -2.56. The second-order valence-electron chi connectivity index (χ2n) is 19.1. The van der Waals surface area contributed by atoms with Crippen LogP contribution in [0.5, 0.6) is 0 Å². The highest BCUT2D eigenvalue weighted by Crippen LogP contribution is 2.20. The summed E-state index contributed by atoms with van der Waals surface area (Å²) in [5, 5.41) is 26.2. The zero-order valence-corrected chi connectivity index (χ0v) is 39.1. The molecule has 2 atom stereocenters. The van der Waals surface area contributed by atoms with Gasteiger partial charge in [-0.25, -0.2) is 0 Å². The molecule has 23 heteroatoms. The Bertz CT molecular complexity index is 1770. The van der Waals surface area contributed by atoms with Crippen LogP contribution >= 0.6 is 0 Å². The summed E-state index contributed by atoms with van der Waals surface area (Å²) in [6.45, 7) is 18.8. The van der Waals surface area contributed by atoms with Crippen molar-refractivity contribution in [3.63, 3.8) is 0 Å². The number of hydrogen-bond donors (Lipinski definition) is 13. The highest BCUT2D eigenvalue weighted by atomic mass is 16.2. The van der Waals surface area contributed by atoms with Crippen LogP contribution in [0.3, 0.4) is 0 Å². The van der Waals surface area contributed by atoms with Crippen molar-refractivity contribution < 1.29 is 47.9 Å². The number of nitrogens with two attached hydrogens (primary N) is 3. The fraction of sp³-hybridized carbons (Fsp3) is 0.750. The van der Waals surface area contributed by atoms with Gasteiger partial charge in [0.05, 0.1) is 0 Å². The van der Waals surface area contributed by atoms with Crippen LogP contribution in [-0.4, -0.2) is 136 Å². The van der Waals surface area contributed by atoms with Crippen LogP contribution in [0.15, 0.2) is 0 Å². The van der Waals surface area contributed by atoms with Crippen LogP contribution < -0.4 is 70.4 Å². The van der Waals surface area contributed by atoms with Crippen LogP contribution in [0.4, 0.5) is 0 Å². The number of rotatable bonds is 22. The van der Waals surface area contributed by atoms with E-state index < -0.39 is 110 Å². The van der Waals surface area contributed by atoms with Gasteiger partial charge in [0.25, 0.3) is 0 Å². The smallest absolute Gasteiger partial charge is 0.246 e. The normalized spacial score (nSPS) is 15.5. The average molecular weight is 896 g/mol. The standard InChI is InChI=1S/C40H73N13O10/c1-22(54)47-36(6,7)30(60)50-34(2,3)28(58)45-23(14-18-41)25(55)48-37(8,9)31(61)51-35(4,5)29(59)46-24(15-19-42)26(56)49-38(10,11)32(62)52-39(12,13)33(63)53-40(27(43)57)16-20-44-21-17-40/h23-24,44H,14-21,41-42H2,1-13H3,(H2,43,57)(H,45,58)(H,46,59)(H,47,54)(H,48,55)(H,49,56)(H,50,60)(H,51,61)(H,52,62)(H,53,63)/t23-,24-/m0/s1. The lowest BCUT2D eigenvalue weighted by molar-refractivity contribution is -0.141. The van der Waals surface area contributed by atoms with Crippen molar-refractivity contribution in [2.45, 2.75) is 167 Å². The summed E-state index contributed by atoms with van der Waals surface area (Å²) in [5.74, 6) is -7.29. The first-order valence-corrected chi connectivity index (χ1v) is 20.8. The van der Waals surface area contributed by atoms with E-state index in [1.54, 1.807) is 0 Å². The fourth-order valence-corrected chi connectivity index (χ4v) is 6.10. The van der Waals surface area contributed by atoms with Crippen molar-refractivity contribution >= 4 is 59.1 Å². The van der Waals surface area contributed by atoms with E-state index in [0.717, 1.165) is 0 Å². The Morgan fingerprint density at radius 3 is 1.10 bits per heavy atom. The Balaban J connectivity index is 3.05. The second-order valence-corrected chi connectivity index (χ2v) is 19.1. The summed E-state index contributed by atoms with van der Waals surface area (Å²) in [5.41, 5.74) is 6.31. The van der Waals surface area contributed by atoms with E-state index in [0.29, 0.717) is 13.1 Å². The van der Waals surface area contributed by atoms with Crippen LogP contribution in [-0.2, 0) is 47.9 Å². The van der Waals surface area contributed by atoms with Gasteiger partial charge in [-0.1, -0.05) is 0 Å². The van der Waals surface area contributed by atoms with Crippen molar-refractivity contribution in [2.24, 2.45) is 17.2 Å². The predicted molar refractivity (Wildman–Crippen MR) is 232 cm³/mol. The summed E-state index contributed by atoms with van der Waals surface area (Å²) in [4.78, 5) is 131. The molecule has 0 radical (unpaired) electrons. The van der Waals surface area contributed by atoms with E-state index in [4.69, 9.17) is 17.2 Å². The van der Waals surface area contributed by atoms with Gasteiger partial charge in [-0.05, 0) is 135 Å². The van der Waals surface area contributed by atoms with Gasteiger partial charge in [0.1, 0.15) is 50.9 Å². The van der Waals surface area contributed by atoms with E-state index in [-0.39, 0.29) is 38.8 Å². The number of piperidine rings is 1. The van der Waals surface area contributed by atoms with Crippen molar-refractivity contribution in [1.29, 1.82) is 0 Å². The molecule has 358 valence electrons. The van der Waals surface area contributed by atoms with Crippen LogP contribution in [0.1, 0.15) is 116 Å². The highest BCUT2D eigenvalue weighted by Gasteiger charge is 2.45. The Kier molecular flexibility index (Phi) is 18.8. The van der Waals surface area contributed by atoms with Gasteiger partial charge < -0.3 is 70.4 Å². The Morgan fingerprint density at radius 2 is 0.794 bits per heavy atom. The highest BCUT2D eigenvalue weighted by molar-refractivity contribution is 6.02. The molecule has 63 heavy (non-hydrogen) atoms. The molecular formula is C40H73N13O10. The van der Waals surface area contributed by atoms with E-state index in [9.17, 15) is 47.9 Å². The minimum Gasteiger partial charge on any atom is -0.368 e. The Labute approximate surface area is 369 Å². The summed E-state index contributed by atoms with van der Waals surface area (Å²) in [6.07, 6.45) is 0.370. The third-order valence-corrected chi connectivity index (χ3v) is 10.5. The summed E-state index contributed by atoms with van der Waals surface area (Å²) < 4.78 is 0. The minimum absolute atomic E-state index is 0.0493. The van der Waals surface area contributed by atoms with Gasteiger partial charge in [0, 0.05) is 6.92 Å². The topological polar surface area (TPSA) is 369 Å². The van der Waals surface area contributed by atoms with Crippen molar-refractivity contribution in [3.05, 3.63) is 0 Å². The molecule has 0 spiro atoms. The molecule has 1 heterocycles. The molecular weight excluding hydrogens is 823 g/mol. The molecule has 23 nitrogen and oxygen atoms in total. The van der Waals surface area contributed by atoms with Gasteiger partial charge in [-0.3, -0.25) is 47.9 Å². The van der Waals surface area contributed by atoms with Crippen LogP contribution in [0, 0.1) is 0 Å². The van der Waals surface area contributed by atoms with Crippen molar-refractivity contribution in [2.75, 3.05) is 26.2 Å². The van der Waals surface area contributed by atoms with Gasteiger partial charge >= 0.3 is 0 Å². The first-order chi connectivity index (χ1) is 28.5. The summed E-state index contributed by atoms with van der Waals surface area (Å²) >= 11 is 0. The SMILES string of the molecule is CC(=O)NC(C)(C)C(=O)NC(C)(C)C(=O)N[C@@H](CCN)C(=O)NC(C)(C)C(=O)NC(C)(C)C(=O)N[C@@H](CCN)C(=O)NC(C)(C)C(=O)NC(C)(C)C(=O)NC1(C(N)=O)CCNCC1. The molecule has 0 aromatic carbocycles.